The summed E-state index contributed by atoms with van der Waals surface area (Å²) < 4.78 is 37.8. The van der Waals surface area contributed by atoms with Crippen molar-refractivity contribution in [1.82, 2.24) is 9.97 Å². The Labute approximate surface area is 150 Å². The fourth-order valence-corrected chi connectivity index (χ4v) is 3.25. The summed E-state index contributed by atoms with van der Waals surface area (Å²) in [7, 11) is 0. The highest BCUT2D eigenvalue weighted by Crippen LogP contribution is 2.27. The van der Waals surface area contributed by atoms with Crippen LogP contribution in [-0.4, -0.2) is 56.0 Å². The first-order valence-corrected chi connectivity index (χ1v) is 8.67. The van der Waals surface area contributed by atoms with Crippen LogP contribution >= 0.6 is 0 Å². The van der Waals surface area contributed by atoms with Crippen molar-refractivity contribution in [1.29, 1.82) is 0 Å². The topological polar surface area (TPSA) is 50.7 Å². The van der Waals surface area contributed by atoms with Crippen LogP contribution in [0.4, 0.5) is 20.4 Å². The third-order valence-corrected chi connectivity index (χ3v) is 4.68. The number of halogens is 2. The van der Waals surface area contributed by atoms with Gasteiger partial charge in [-0.3, -0.25) is 0 Å². The maximum Gasteiger partial charge on any atom is 0.159 e. The molecule has 6 nitrogen and oxygen atoms in total. The molecule has 138 valence electrons. The van der Waals surface area contributed by atoms with Gasteiger partial charge in [0.2, 0.25) is 0 Å². The Balaban J connectivity index is 1.51. The Bertz CT molecular complexity index is 771. The quantitative estimate of drug-likeness (QED) is 0.834. The summed E-state index contributed by atoms with van der Waals surface area (Å²) >= 11 is 0. The van der Waals surface area contributed by atoms with E-state index < -0.39 is 11.6 Å². The Morgan fingerprint density at radius 1 is 0.885 bits per heavy atom. The summed E-state index contributed by atoms with van der Waals surface area (Å²) in [5.41, 5.74) is 0.621. The molecule has 0 saturated carbocycles. The molecular formula is C18H20F2N4O2. The number of anilines is 2. The van der Waals surface area contributed by atoms with Crippen molar-refractivity contribution in [3.8, 4) is 0 Å². The average Bonchev–Trinajstić information content (AvgIpc) is 2.71. The van der Waals surface area contributed by atoms with Crippen LogP contribution in [0.1, 0.15) is 11.7 Å². The number of benzene rings is 1. The molecule has 0 bridgehead atoms. The number of aromatic nitrogens is 2. The second-order valence-corrected chi connectivity index (χ2v) is 6.31. The summed E-state index contributed by atoms with van der Waals surface area (Å²) in [5, 5.41) is 0. The smallest absolute Gasteiger partial charge is 0.159 e. The van der Waals surface area contributed by atoms with Crippen molar-refractivity contribution in [3.63, 3.8) is 0 Å². The molecule has 2 saturated heterocycles. The van der Waals surface area contributed by atoms with Crippen LogP contribution in [0.5, 0.6) is 0 Å². The standard InChI is InChI=1S/C18H20F2N4O2/c19-14-2-1-13(9-15(14)20)16-11-24(5-8-26-16)18-10-17(21-12-22-18)23-3-6-25-7-4-23/h1-2,9-10,12,16H,3-8,11H2. The van der Waals surface area contributed by atoms with E-state index in [4.69, 9.17) is 9.47 Å². The van der Waals surface area contributed by atoms with Crippen LogP contribution in [0.15, 0.2) is 30.6 Å². The van der Waals surface area contributed by atoms with Gasteiger partial charge >= 0.3 is 0 Å². The molecule has 2 aromatic rings. The fourth-order valence-electron chi connectivity index (χ4n) is 3.25. The number of hydrogen-bond donors (Lipinski definition) is 0. The van der Waals surface area contributed by atoms with E-state index in [2.05, 4.69) is 19.8 Å². The van der Waals surface area contributed by atoms with Gasteiger partial charge in [0.25, 0.3) is 0 Å². The van der Waals surface area contributed by atoms with E-state index in [0.717, 1.165) is 30.8 Å². The number of ether oxygens (including phenoxy) is 2. The van der Waals surface area contributed by atoms with Gasteiger partial charge in [0.05, 0.1) is 19.8 Å². The molecule has 3 heterocycles. The molecular weight excluding hydrogens is 342 g/mol. The van der Waals surface area contributed by atoms with Crippen LogP contribution in [0.2, 0.25) is 0 Å². The van der Waals surface area contributed by atoms with Crippen molar-refractivity contribution in [2.75, 3.05) is 55.8 Å². The van der Waals surface area contributed by atoms with E-state index in [1.165, 1.54) is 6.07 Å². The van der Waals surface area contributed by atoms with Gasteiger partial charge in [-0.25, -0.2) is 18.7 Å². The van der Waals surface area contributed by atoms with Crippen molar-refractivity contribution < 1.29 is 18.3 Å². The van der Waals surface area contributed by atoms with Gasteiger partial charge in [0.1, 0.15) is 24.1 Å². The zero-order valence-electron chi connectivity index (χ0n) is 14.3. The molecule has 26 heavy (non-hydrogen) atoms. The molecule has 0 spiro atoms. The zero-order valence-corrected chi connectivity index (χ0v) is 14.3. The minimum Gasteiger partial charge on any atom is -0.378 e. The fraction of sp³-hybridized carbons (Fsp3) is 0.444. The molecule has 0 N–H and O–H groups in total. The van der Waals surface area contributed by atoms with Crippen LogP contribution in [0, 0.1) is 11.6 Å². The van der Waals surface area contributed by atoms with Crippen LogP contribution in [-0.2, 0) is 9.47 Å². The van der Waals surface area contributed by atoms with Gasteiger partial charge in [0.15, 0.2) is 11.6 Å². The summed E-state index contributed by atoms with van der Waals surface area (Å²) in [6.07, 6.45) is 1.22. The Morgan fingerprint density at radius 2 is 1.62 bits per heavy atom. The van der Waals surface area contributed by atoms with Crippen LogP contribution in [0.3, 0.4) is 0 Å². The molecule has 0 radical (unpaired) electrons. The summed E-state index contributed by atoms with van der Waals surface area (Å²) in [6.45, 7) is 4.67. The highest BCUT2D eigenvalue weighted by molar-refractivity contribution is 5.50. The number of nitrogens with zero attached hydrogens (tertiary/aromatic N) is 4. The highest BCUT2D eigenvalue weighted by atomic mass is 19.2. The molecule has 1 atom stereocenters. The van der Waals surface area contributed by atoms with E-state index >= 15 is 0 Å². The second-order valence-electron chi connectivity index (χ2n) is 6.31. The zero-order chi connectivity index (χ0) is 17.9. The minimum absolute atomic E-state index is 0.333. The lowest BCUT2D eigenvalue weighted by Gasteiger charge is -2.34. The average molecular weight is 362 g/mol. The maximum absolute atomic E-state index is 13.5. The molecule has 0 amide bonds. The van der Waals surface area contributed by atoms with Gasteiger partial charge in [-0.1, -0.05) is 6.07 Å². The molecule has 2 fully saturated rings. The minimum atomic E-state index is -0.861. The summed E-state index contributed by atoms with van der Waals surface area (Å²) in [4.78, 5) is 13.0. The van der Waals surface area contributed by atoms with Gasteiger partial charge < -0.3 is 19.3 Å². The van der Waals surface area contributed by atoms with Crippen LogP contribution in [0.25, 0.3) is 0 Å². The number of morpholine rings is 2. The summed E-state index contributed by atoms with van der Waals surface area (Å²) in [6, 6.07) is 5.85. The first kappa shape index (κ1) is 17.1. The summed E-state index contributed by atoms with van der Waals surface area (Å²) in [5.74, 6) is -0.0428. The molecule has 1 aromatic carbocycles. The lowest BCUT2D eigenvalue weighted by atomic mass is 10.1. The highest BCUT2D eigenvalue weighted by Gasteiger charge is 2.24. The normalized spacial score (nSPS) is 21.1. The van der Waals surface area contributed by atoms with Crippen molar-refractivity contribution in [3.05, 3.63) is 47.8 Å². The molecule has 4 rings (SSSR count). The number of hydrogen-bond acceptors (Lipinski definition) is 6. The molecule has 8 heteroatoms. The van der Waals surface area contributed by atoms with Crippen molar-refractivity contribution in [2.24, 2.45) is 0 Å². The first-order valence-electron chi connectivity index (χ1n) is 8.67. The molecule has 2 aliphatic heterocycles. The van der Waals surface area contributed by atoms with E-state index in [1.807, 2.05) is 6.07 Å². The molecule has 0 aliphatic carbocycles. The van der Waals surface area contributed by atoms with E-state index in [0.29, 0.717) is 38.5 Å². The Hall–Kier alpha value is -2.32. The Kier molecular flexibility index (Phi) is 4.94. The van der Waals surface area contributed by atoms with Crippen LogP contribution < -0.4 is 9.80 Å². The second kappa shape index (κ2) is 7.51. The van der Waals surface area contributed by atoms with Gasteiger partial charge in [-0.2, -0.15) is 0 Å². The van der Waals surface area contributed by atoms with E-state index in [9.17, 15) is 8.78 Å². The lowest BCUT2D eigenvalue weighted by molar-refractivity contribution is 0.0392. The molecule has 1 unspecified atom stereocenters. The van der Waals surface area contributed by atoms with Gasteiger partial charge in [0, 0.05) is 32.2 Å². The third kappa shape index (κ3) is 3.61. The van der Waals surface area contributed by atoms with E-state index in [1.54, 1.807) is 12.4 Å². The van der Waals surface area contributed by atoms with Gasteiger partial charge in [-0.05, 0) is 17.7 Å². The van der Waals surface area contributed by atoms with Crippen molar-refractivity contribution in [2.45, 2.75) is 6.10 Å². The number of rotatable bonds is 3. The molecule has 1 aromatic heterocycles. The lowest BCUT2D eigenvalue weighted by Crippen LogP contribution is -2.40. The van der Waals surface area contributed by atoms with Crippen molar-refractivity contribution >= 4 is 11.6 Å². The Morgan fingerprint density at radius 3 is 2.38 bits per heavy atom. The monoisotopic (exact) mass is 362 g/mol. The SMILES string of the molecule is Fc1ccc(C2CN(c3cc(N4CCOCC4)ncn3)CCO2)cc1F. The third-order valence-electron chi connectivity index (χ3n) is 4.68. The first-order chi connectivity index (χ1) is 12.7. The molecule has 2 aliphatic rings. The van der Waals surface area contributed by atoms with Gasteiger partial charge in [-0.15, -0.1) is 0 Å². The van der Waals surface area contributed by atoms with E-state index in [-0.39, 0.29) is 6.10 Å². The predicted octanol–water partition coefficient (Wildman–Crippen LogP) is 2.17. The predicted molar refractivity (Wildman–Crippen MR) is 92.3 cm³/mol. The maximum atomic E-state index is 13.5. The largest absolute Gasteiger partial charge is 0.378 e.